The molecule has 0 spiro atoms. The van der Waals surface area contributed by atoms with Crippen molar-refractivity contribution in [3.63, 3.8) is 0 Å². The van der Waals surface area contributed by atoms with Gasteiger partial charge in [-0.25, -0.2) is 0 Å². The first-order chi connectivity index (χ1) is 11.6. The summed E-state index contributed by atoms with van der Waals surface area (Å²) in [6.45, 7) is 11.5. The van der Waals surface area contributed by atoms with Crippen LogP contribution in [0.2, 0.25) is 0 Å². The molecule has 0 bridgehead atoms. The van der Waals surface area contributed by atoms with Crippen molar-refractivity contribution in [1.29, 1.82) is 0 Å². The molecule has 1 N–H and O–H groups in total. The number of hydrogen-bond donors (Lipinski definition) is 1. The van der Waals surface area contributed by atoms with Crippen LogP contribution in [0, 0.1) is 0 Å². The summed E-state index contributed by atoms with van der Waals surface area (Å²) in [5.74, 6) is 0. The minimum atomic E-state index is -0.686. The highest BCUT2D eigenvalue weighted by molar-refractivity contribution is 4.98. The van der Waals surface area contributed by atoms with Gasteiger partial charge in [-0.2, -0.15) is 0 Å². The Bertz CT molecular complexity index is 267. The molecule has 0 aliphatic heterocycles. The van der Waals surface area contributed by atoms with Crippen LogP contribution in [-0.4, -0.2) is 22.9 Å². The minimum Gasteiger partial charge on any atom is -0.387 e. The highest BCUT2D eigenvalue weighted by Crippen LogP contribution is 2.38. The molecule has 2 heteroatoms. The number of rotatable bonds is 17. The van der Waals surface area contributed by atoms with Crippen LogP contribution in [0.1, 0.15) is 125 Å². The lowest BCUT2D eigenvalue weighted by Gasteiger charge is -2.46. The van der Waals surface area contributed by atoms with Crippen LogP contribution in [0.4, 0.5) is 0 Å². The molecule has 0 atom stereocenters. The lowest BCUT2D eigenvalue weighted by molar-refractivity contribution is -0.192. The molecule has 0 rings (SSSR count). The van der Waals surface area contributed by atoms with Crippen molar-refractivity contribution in [2.45, 2.75) is 136 Å². The van der Waals surface area contributed by atoms with Gasteiger partial charge < -0.3 is 9.84 Å². The van der Waals surface area contributed by atoms with Gasteiger partial charge in [-0.3, -0.25) is 0 Å². The predicted octanol–water partition coefficient (Wildman–Crippen LogP) is 7.03. The van der Waals surface area contributed by atoms with Crippen LogP contribution >= 0.6 is 0 Å². The Kier molecular flexibility index (Phi) is 14.1. The van der Waals surface area contributed by atoms with Gasteiger partial charge in [0, 0.05) is 6.61 Å². The summed E-state index contributed by atoms with van der Waals surface area (Å²) in [6, 6.07) is 0. The molecule has 0 amide bonds. The van der Waals surface area contributed by atoms with Crippen LogP contribution < -0.4 is 0 Å². The van der Waals surface area contributed by atoms with E-state index in [9.17, 15) is 5.11 Å². The van der Waals surface area contributed by atoms with Crippen molar-refractivity contribution in [2.24, 2.45) is 0 Å². The van der Waals surface area contributed by atoms with E-state index in [1.807, 2.05) is 0 Å². The fourth-order valence-corrected chi connectivity index (χ4v) is 4.00. The highest BCUT2D eigenvalue weighted by atomic mass is 16.5. The lowest BCUT2D eigenvalue weighted by Crippen LogP contribution is -2.54. The second kappa shape index (κ2) is 14.1. The van der Waals surface area contributed by atoms with E-state index in [4.69, 9.17) is 4.74 Å². The van der Waals surface area contributed by atoms with Gasteiger partial charge in [0.05, 0.1) is 11.2 Å². The Labute approximate surface area is 152 Å². The first kappa shape index (κ1) is 23.9. The minimum absolute atomic E-state index is 0.365. The summed E-state index contributed by atoms with van der Waals surface area (Å²) in [5.41, 5.74) is -1.05. The molecular formula is C22H46O2. The third-order valence-corrected chi connectivity index (χ3v) is 6.04. The summed E-state index contributed by atoms with van der Waals surface area (Å²) >= 11 is 0. The summed E-state index contributed by atoms with van der Waals surface area (Å²) < 4.78 is 6.30. The van der Waals surface area contributed by atoms with Crippen LogP contribution in [0.3, 0.4) is 0 Å². The van der Waals surface area contributed by atoms with Crippen molar-refractivity contribution in [3.8, 4) is 0 Å². The van der Waals surface area contributed by atoms with Crippen LogP contribution in [0.5, 0.6) is 0 Å². The molecule has 0 aliphatic rings. The molecule has 0 heterocycles. The molecule has 0 fully saturated rings. The largest absolute Gasteiger partial charge is 0.387 e. The maximum absolute atomic E-state index is 11.0. The molecular weight excluding hydrogens is 296 g/mol. The van der Waals surface area contributed by atoms with Gasteiger partial charge in [-0.1, -0.05) is 92.4 Å². The van der Waals surface area contributed by atoms with Gasteiger partial charge in [0.15, 0.2) is 0 Å². The van der Waals surface area contributed by atoms with E-state index in [1.54, 1.807) is 0 Å². The first-order valence-electron chi connectivity index (χ1n) is 10.9. The summed E-state index contributed by atoms with van der Waals surface area (Å²) in [7, 11) is 0. The van der Waals surface area contributed by atoms with E-state index >= 15 is 0 Å². The Morgan fingerprint density at radius 3 is 1.38 bits per heavy atom. The van der Waals surface area contributed by atoms with Gasteiger partial charge >= 0.3 is 0 Å². The smallest absolute Gasteiger partial charge is 0.0962 e. The summed E-state index contributed by atoms with van der Waals surface area (Å²) in [5, 5.41) is 11.0. The SMILES string of the molecule is CCCCCCCCCCCCOC(CC)(CC)C(O)(CC)CC. The quantitative estimate of drug-likeness (QED) is 0.287. The third kappa shape index (κ3) is 7.87. The maximum Gasteiger partial charge on any atom is 0.0962 e. The average Bonchev–Trinajstić information content (AvgIpc) is 2.62. The molecule has 0 aromatic carbocycles. The van der Waals surface area contributed by atoms with E-state index in [0.29, 0.717) is 0 Å². The van der Waals surface area contributed by atoms with Crippen molar-refractivity contribution in [2.75, 3.05) is 6.61 Å². The fraction of sp³-hybridized carbons (Fsp3) is 1.00. The van der Waals surface area contributed by atoms with E-state index in [0.717, 1.165) is 38.7 Å². The normalized spacial score (nSPS) is 12.8. The molecule has 146 valence electrons. The Balaban J connectivity index is 3.90. The maximum atomic E-state index is 11.0. The zero-order valence-electron chi connectivity index (χ0n) is 17.5. The Hall–Kier alpha value is -0.0800. The van der Waals surface area contributed by atoms with Crippen molar-refractivity contribution >= 4 is 0 Å². The van der Waals surface area contributed by atoms with E-state index in [1.165, 1.54) is 57.8 Å². The van der Waals surface area contributed by atoms with Gasteiger partial charge in [-0.05, 0) is 32.1 Å². The molecule has 2 nitrogen and oxygen atoms in total. The van der Waals surface area contributed by atoms with Gasteiger partial charge in [0.25, 0.3) is 0 Å². The molecule has 0 aromatic rings. The van der Waals surface area contributed by atoms with Gasteiger partial charge in [-0.15, -0.1) is 0 Å². The van der Waals surface area contributed by atoms with Crippen molar-refractivity contribution in [3.05, 3.63) is 0 Å². The second-order valence-corrected chi connectivity index (χ2v) is 7.47. The van der Waals surface area contributed by atoms with E-state index in [2.05, 4.69) is 34.6 Å². The number of aliphatic hydroxyl groups is 1. The average molecular weight is 343 g/mol. The Morgan fingerprint density at radius 1 is 0.583 bits per heavy atom. The third-order valence-electron chi connectivity index (χ3n) is 6.04. The molecule has 0 saturated carbocycles. The van der Waals surface area contributed by atoms with Gasteiger partial charge in [0.2, 0.25) is 0 Å². The van der Waals surface area contributed by atoms with Crippen molar-refractivity contribution < 1.29 is 9.84 Å². The Morgan fingerprint density at radius 2 is 1.00 bits per heavy atom. The highest BCUT2D eigenvalue weighted by Gasteiger charge is 2.46. The van der Waals surface area contributed by atoms with Crippen LogP contribution in [0.15, 0.2) is 0 Å². The van der Waals surface area contributed by atoms with Crippen molar-refractivity contribution in [1.82, 2.24) is 0 Å². The zero-order chi connectivity index (χ0) is 18.3. The van der Waals surface area contributed by atoms with Crippen LogP contribution in [-0.2, 0) is 4.74 Å². The predicted molar refractivity (Wildman–Crippen MR) is 107 cm³/mol. The van der Waals surface area contributed by atoms with E-state index in [-0.39, 0.29) is 5.60 Å². The fourth-order valence-electron chi connectivity index (χ4n) is 4.00. The van der Waals surface area contributed by atoms with Gasteiger partial charge in [0.1, 0.15) is 0 Å². The number of unbranched alkanes of at least 4 members (excludes halogenated alkanes) is 9. The number of ether oxygens (including phenoxy) is 1. The zero-order valence-corrected chi connectivity index (χ0v) is 17.5. The number of hydrogen-bond acceptors (Lipinski definition) is 2. The molecule has 0 saturated heterocycles. The first-order valence-corrected chi connectivity index (χ1v) is 10.9. The molecule has 0 unspecified atom stereocenters. The van der Waals surface area contributed by atoms with E-state index < -0.39 is 5.60 Å². The topological polar surface area (TPSA) is 29.5 Å². The lowest BCUT2D eigenvalue weighted by atomic mass is 9.75. The molecule has 0 aromatic heterocycles. The van der Waals surface area contributed by atoms with Crippen LogP contribution in [0.25, 0.3) is 0 Å². The molecule has 0 aliphatic carbocycles. The second-order valence-electron chi connectivity index (χ2n) is 7.47. The molecule has 0 radical (unpaired) electrons. The monoisotopic (exact) mass is 342 g/mol. The summed E-state index contributed by atoms with van der Waals surface area (Å²) in [6.07, 6.45) is 16.8. The summed E-state index contributed by atoms with van der Waals surface area (Å²) in [4.78, 5) is 0. The standard InChI is InChI=1S/C22H46O2/c1-6-11-12-13-14-15-16-17-18-19-20-24-22(9-4,10-5)21(23,7-2)8-3/h23H,6-20H2,1-5H3. The molecule has 24 heavy (non-hydrogen) atoms.